The molecule has 0 fully saturated rings. The molecule has 0 unspecified atom stereocenters. The van der Waals surface area contributed by atoms with E-state index in [9.17, 15) is 4.79 Å². The quantitative estimate of drug-likeness (QED) is 0.714. The summed E-state index contributed by atoms with van der Waals surface area (Å²) in [5.41, 5.74) is 4.94. The highest BCUT2D eigenvalue weighted by Gasteiger charge is 2.10. The molecule has 0 aliphatic carbocycles. The zero-order chi connectivity index (χ0) is 17.1. The predicted octanol–water partition coefficient (Wildman–Crippen LogP) is 3.54. The van der Waals surface area contributed by atoms with Gasteiger partial charge in [0.2, 0.25) is 5.91 Å². The molecule has 2 aromatic carbocycles. The fourth-order valence-corrected chi connectivity index (χ4v) is 4.18. The van der Waals surface area contributed by atoms with E-state index in [0.717, 1.165) is 36.5 Å². The summed E-state index contributed by atoms with van der Waals surface area (Å²) in [6.45, 7) is 2.49. The number of nitrogens with zero attached hydrogens (tertiary/aromatic N) is 1. The second kappa shape index (κ2) is 7.33. The average Bonchev–Trinajstić information content (AvgIpc) is 3.25. The second-order valence-electron chi connectivity index (χ2n) is 6.41. The van der Waals surface area contributed by atoms with Crippen molar-refractivity contribution < 1.29 is 4.79 Å². The number of benzene rings is 2. The van der Waals surface area contributed by atoms with Gasteiger partial charge in [0, 0.05) is 26.1 Å². The van der Waals surface area contributed by atoms with Crippen molar-refractivity contribution in [2.45, 2.75) is 38.9 Å². The van der Waals surface area contributed by atoms with Crippen LogP contribution in [0.4, 0.5) is 0 Å². The molecule has 128 valence electrons. The van der Waals surface area contributed by atoms with Crippen molar-refractivity contribution in [3.63, 3.8) is 0 Å². The molecule has 25 heavy (non-hydrogen) atoms. The number of para-hydroxylation sites is 1. The lowest BCUT2D eigenvalue weighted by Crippen LogP contribution is -2.22. The lowest BCUT2D eigenvalue weighted by Gasteiger charge is -2.07. The van der Waals surface area contributed by atoms with Gasteiger partial charge >= 0.3 is 0 Å². The van der Waals surface area contributed by atoms with Crippen molar-refractivity contribution in [1.82, 2.24) is 15.6 Å². The van der Waals surface area contributed by atoms with Crippen LogP contribution in [0.5, 0.6) is 0 Å². The number of nitrogens with one attached hydrogen (secondary N) is 2. The summed E-state index contributed by atoms with van der Waals surface area (Å²) in [4.78, 5) is 16.7. The summed E-state index contributed by atoms with van der Waals surface area (Å²) >= 11 is 1.72. The fraction of sp³-hybridized carbons (Fsp3) is 0.300. The van der Waals surface area contributed by atoms with Gasteiger partial charge in [0.1, 0.15) is 0 Å². The first-order valence-electron chi connectivity index (χ1n) is 8.70. The van der Waals surface area contributed by atoms with E-state index in [-0.39, 0.29) is 5.91 Å². The third-order valence-corrected chi connectivity index (χ3v) is 5.62. The Morgan fingerprint density at radius 2 is 2.04 bits per heavy atom. The van der Waals surface area contributed by atoms with Crippen molar-refractivity contribution >= 4 is 27.5 Å². The molecular formula is C20H21N3OS. The molecule has 1 aromatic heterocycles. The molecule has 2 N–H and O–H groups in total. The van der Waals surface area contributed by atoms with Crippen LogP contribution in [0.2, 0.25) is 0 Å². The Bertz CT molecular complexity index is 870. The summed E-state index contributed by atoms with van der Waals surface area (Å²) in [5, 5.41) is 7.48. The minimum absolute atomic E-state index is 0.111. The van der Waals surface area contributed by atoms with Crippen molar-refractivity contribution in [3.8, 4) is 0 Å². The summed E-state index contributed by atoms with van der Waals surface area (Å²) in [6.07, 6.45) is 2.24. The highest BCUT2D eigenvalue weighted by Crippen LogP contribution is 2.22. The summed E-state index contributed by atoms with van der Waals surface area (Å²) in [5.74, 6) is 0.111. The summed E-state index contributed by atoms with van der Waals surface area (Å²) < 4.78 is 1.22. The molecular weight excluding hydrogens is 330 g/mol. The Morgan fingerprint density at radius 3 is 2.96 bits per heavy atom. The van der Waals surface area contributed by atoms with E-state index >= 15 is 0 Å². The van der Waals surface area contributed by atoms with Gasteiger partial charge in [-0.3, -0.25) is 4.79 Å². The van der Waals surface area contributed by atoms with Crippen molar-refractivity contribution in [3.05, 3.63) is 64.2 Å². The Morgan fingerprint density at radius 1 is 1.16 bits per heavy atom. The van der Waals surface area contributed by atoms with Crippen molar-refractivity contribution in [1.29, 1.82) is 0 Å². The SMILES string of the molecule is O=C(CCCc1nc2ccccc2s1)NCc1ccc2c(c1)CNC2. The number of amides is 1. The molecule has 0 saturated carbocycles. The standard InChI is InChI=1S/C20H21N3OS/c24-19(22-11-14-8-9-15-12-21-13-16(15)10-14)6-3-7-20-23-17-4-1-2-5-18(17)25-20/h1-2,4-5,8-10,21H,3,6-7,11-13H2,(H,22,24). The largest absolute Gasteiger partial charge is 0.352 e. The van der Waals surface area contributed by atoms with Crippen LogP contribution in [0.1, 0.15) is 34.5 Å². The van der Waals surface area contributed by atoms with Gasteiger partial charge in [-0.1, -0.05) is 30.3 Å². The van der Waals surface area contributed by atoms with E-state index in [0.29, 0.717) is 13.0 Å². The van der Waals surface area contributed by atoms with E-state index in [1.807, 2.05) is 18.2 Å². The molecule has 1 aliphatic heterocycles. The van der Waals surface area contributed by atoms with E-state index in [2.05, 4.69) is 39.9 Å². The predicted molar refractivity (Wildman–Crippen MR) is 101 cm³/mol. The normalized spacial score (nSPS) is 13.1. The Labute approximate surface area is 151 Å². The van der Waals surface area contributed by atoms with Crippen LogP contribution in [0.25, 0.3) is 10.2 Å². The Kier molecular flexibility index (Phi) is 4.76. The highest BCUT2D eigenvalue weighted by molar-refractivity contribution is 7.18. The van der Waals surface area contributed by atoms with Gasteiger partial charge in [0.15, 0.2) is 0 Å². The molecule has 0 atom stereocenters. The Balaban J connectivity index is 1.24. The van der Waals surface area contributed by atoms with Crippen LogP contribution in [0.3, 0.4) is 0 Å². The van der Waals surface area contributed by atoms with Gasteiger partial charge in [-0.25, -0.2) is 4.98 Å². The lowest BCUT2D eigenvalue weighted by molar-refractivity contribution is -0.121. The maximum absolute atomic E-state index is 12.1. The third-order valence-electron chi connectivity index (χ3n) is 4.52. The fourth-order valence-electron chi connectivity index (χ4n) is 3.17. The molecule has 4 rings (SSSR count). The lowest BCUT2D eigenvalue weighted by atomic mass is 10.1. The number of thiazole rings is 1. The van der Waals surface area contributed by atoms with Gasteiger partial charge < -0.3 is 10.6 Å². The number of aryl methyl sites for hydroxylation is 1. The minimum atomic E-state index is 0.111. The zero-order valence-electron chi connectivity index (χ0n) is 14.0. The topological polar surface area (TPSA) is 54.0 Å². The smallest absolute Gasteiger partial charge is 0.220 e. The van der Waals surface area contributed by atoms with Crippen LogP contribution in [-0.4, -0.2) is 10.9 Å². The summed E-state index contributed by atoms with van der Waals surface area (Å²) in [7, 11) is 0. The van der Waals surface area contributed by atoms with E-state index < -0.39 is 0 Å². The number of carbonyl (C=O) groups is 1. The first-order valence-corrected chi connectivity index (χ1v) is 9.52. The average molecular weight is 351 g/mol. The van der Waals surface area contributed by atoms with Crippen molar-refractivity contribution in [2.75, 3.05) is 0 Å². The van der Waals surface area contributed by atoms with Gasteiger partial charge in [0.25, 0.3) is 0 Å². The zero-order valence-corrected chi connectivity index (χ0v) is 14.9. The number of fused-ring (bicyclic) bond motifs is 2. The third kappa shape index (κ3) is 3.89. The van der Waals surface area contributed by atoms with Crippen LogP contribution < -0.4 is 10.6 Å². The molecule has 0 saturated heterocycles. The number of hydrogen-bond donors (Lipinski definition) is 2. The molecule has 0 spiro atoms. The number of aromatic nitrogens is 1. The van der Waals surface area contributed by atoms with Gasteiger partial charge in [-0.2, -0.15) is 0 Å². The molecule has 0 bridgehead atoms. The van der Waals surface area contributed by atoms with Gasteiger partial charge in [-0.05, 0) is 41.7 Å². The van der Waals surface area contributed by atoms with Crippen LogP contribution >= 0.6 is 11.3 Å². The Hall–Kier alpha value is -2.24. The first-order chi connectivity index (χ1) is 12.3. The van der Waals surface area contributed by atoms with E-state index in [1.165, 1.54) is 21.4 Å². The molecule has 1 aliphatic rings. The maximum Gasteiger partial charge on any atom is 0.220 e. The van der Waals surface area contributed by atoms with Gasteiger partial charge in [-0.15, -0.1) is 11.3 Å². The first kappa shape index (κ1) is 16.2. The molecule has 5 heteroatoms. The molecule has 3 aromatic rings. The molecule has 4 nitrogen and oxygen atoms in total. The summed E-state index contributed by atoms with van der Waals surface area (Å²) in [6, 6.07) is 14.6. The maximum atomic E-state index is 12.1. The second-order valence-corrected chi connectivity index (χ2v) is 7.53. The van der Waals surface area contributed by atoms with E-state index in [1.54, 1.807) is 11.3 Å². The van der Waals surface area contributed by atoms with Crippen LogP contribution in [0, 0.1) is 0 Å². The minimum Gasteiger partial charge on any atom is -0.352 e. The number of carbonyl (C=O) groups excluding carboxylic acids is 1. The number of hydrogen-bond acceptors (Lipinski definition) is 4. The number of rotatable bonds is 6. The van der Waals surface area contributed by atoms with Crippen molar-refractivity contribution in [2.24, 2.45) is 0 Å². The van der Waals surface area contributed by atoms with Gasteiger partial charge in [0.05, 0.1) is 15.2 Å². The molecule has 2 heterocycles. The molecule has 0 radical (unpaired) electrons. The molecule has 1 amide bonds. The highest BCUT2D eigenvalue weighted by atomic mass is 32.1. The van der Waals surface area contributed by atoms with Crippen LogP contribution in [0.15, 0.2) is 42.5 Å². The van der Waals surface area contributed by atoms with Crippen LogP contribution in [-0.2, 0) is 30.8 Å². The van der Waals surface area contributed by atoms with E-state index in [4.69, 9.17) is 0 Å². The monoisotopic (exact) mass is 351 g/mol.